The fraction of sp³-hybridized carbons (Fsp3) is 0.667. The summed E-state index contributed by atoms with van der Waals surface area (Å²) in [4.78, 5) is 0. The van der Waals surface area contributed by atoms with Crippen LogP contribution in [-0.2, 0) is 6.42 Å². The van der Waals surface area contributed by atoms with Crippen molar-refractivity contribution in [3.8, 4) is 0 Å². The molecular weight excluding hydrogens is 230 g/mol. The molecule has 0 saturated heterocycles. The van der Waals surface area contributed by atoms with Crippen LogP contribution >= 0.6 is 0 Å². The van der Waals surface area contributed by atoms with Gasteiger partial charge in [-0.3, -0.25) is 0 Å². The summed E-state index contributed by atoms with van der Waals surface area (Å²) >= 11 is 0. The third-order valence-electron chi connectivity index (χ3n) is 4.55. The molecule has 0 amide bonds. The maximum Gasteiger partial charge on any atom is 0.00983 e. The summed E-state index contributed by atoms with van der Waals surface area (Å²) in [7, 11) is 0. The van der Waals surface area contributed by atoms with E-state index in [4.69, 9.17) is 0 Å². The van der Waals surface area contributed by atoms with Crippen LogP contribution in [0, 0.1) is 12.8 Å². The van der Waals surface area contributed by atoms with Gasteiger partial charge in [0.15, 0.2) is 0 Å². The lowest BCUT2D eigenvalue weighted by Crippen LogP contribution is -2.37. The van der Waals surface area contributed by atoms with Crippen LogP contribution in [0.25, 0.3) is 0 Å². The van der Waals surface area contributed by atoms with E-state index in [0.29, 0.717) is 0 Å². The summed E-state index contributed by atoms with van der Waals surface area (Å²) in [6.45, 7) is 5.50. The molecule has 106 valence electrons. The highest BCUT2D eigenvalue weighted by atomic mass is 14.9. The van der Waals surface area contributed by atoms with Crippen molar-refractivity contribution in [2.24, 2.45) is 5.92 Å². The second-order valence-electron chi connectivity index (χ2n) is 6.09. The highest BCUT2D eigenvalue weighted by Gasteiger charge is 2.22. The zero-order valence-electron chi connectivity index (χ0n) is 12.6. The van der Waals surface area contributed by atoms with Crippen LogP contribution in [0.15, 0.2) is 24.3 Å². The molecule has 1 aromatic carbocycles. The van der Waals surface area contributed by atoms with Gasteiger partial charge in [-0.05, 0) is 50.6 Å². The maximum absolute atomic E-state index is 3.73. The van der Waals surface area contributed by atoms with Crippen LogP contribution < -0.4 is 5.32 Å². The zero-order valence-corrected chi connectivity index (χ0v) is 12.6. The van der Waals surface area contributed by atoms with E-state index >= 15 is 0 Å². The number of hydrogen-bond donors (Lipinski definition) is 1. The summed E-state index contributed by atoms with van der Waals surface area (Å²) in [6.07, 6.45) is 9.72. The molecule has 1 nitrogen and oxygen atoms in total. The van der Waals surface area contributed by atoms with E-state index in [9.17, 15) is 0 Å². The third-order valence-corrected chi connectivity index (χ3v) is 4.55. The van der Waals surface area contributed by atoms with Crippen LogP contribution in [0.4, 0.5) is 0 Å². The van der Waals surface area contributed by atoms with E-state index in [-0.39, 0.29) is 0 Å². The average molecular weight is 259 g/mol. The molecule has 1 aromatic rings. The Kier molecular flexibility index (Phi) is 5.91. The average Bonchev–Trinajstić information content (AvgIpc) is 2.46. The van der Waals surface area contributed by atoms with E-state index in [1.165, 1.54) is 56.1 Å². The monoisotopic (exact) mass is 259 g/mol. The van der Waals surface area contributed by atoms with Gasteiger partial charge in [0.05, 0.1) is 0 Å². The molecule has 0 aliphatic heterocycles. The number of nitrogens with one attached hydrogen (secondary N) is 1. The molecule has 0 aromatic heterocycles. The summed E-state index contributed by atoms with van der Waals surface area (Å²) in [6, 6.07) is 9.78. The van der Waals surface area contributed by atoms with Gasteiger partial charge in [0.2, 0.25) is 0 Å². The van der Waals surface area contributed by atoms with Gasteiger partial charge >= 0.3 is 0 Å². The molecule has 1 N–H and O–H groups in total. The Balaban J connectivity index is 1.87. The van der Waals surface area contributed by atoms with Crippen LogP contribution in [0.2, 0.25) is 0 Å². The minimum Gasteiger partial charge on any atom is -0.314 e. The molecule has 1 fully saturated rings. The third kappa shape index (κ3) is 4.65. The van der Waals surface area contributed by atoms with Gasteiger partial charge in [-0.2, -0.15) is 0 Å². The topological polar surface area (TPSA) is 12.0 Å². The molecule has 0 bridgehead atoms. The summed E-state index contributed by atoms with van der Waals surface area (Å²) < 4.78 is 0. The molecule has 0 radical (unpaired) electrons. The molecule has 1 unspecified atom stereocenters. The van der Waals surface area contributed by atoms with Crippen molar-refractivity contribution in [3.05, 3.63) is 35.4 Å². The molecule has 1 heteroatoms. The van der Waals surface area contributed by atoms with Gasteiger partial charge in [0.1, 0.15) is 0 Å². The van der Waals surface area contributed by atoms with E-state index < -0.39 is 0 Å². The molecule has 1 aliphatic carbocycles. The standard InChI is InChI=1S/C18H29N/c1-3-19-18(17-7-5-4-6-8-17)14-13-16-11-9-15(2)10-12-16/h9-12,17-19H,3-8,13-14H2,1-2H3. The van der Waals surface area contributed by atoms with Crippen molar-refractivity contribution < 1.29 is 0 Å². The van der Waals surface area contributed by atoms with Gasteiger partial charge < -0.3 is 5.32 Å². The number of aryl methyl sites for hydroxylation is 2. The summed E-state index contributed by atoms with van der Waals surface area (Å²) in [5.41, 5.74) is 2.85. The first-order valence-corrected chi connectivity index (χ1v) is 8.08. The number of benzene rings is 1. The first kappa shape index (κ1) is 14.6. The summed E-state index contributed by atoms with van der Waals surface area (Å²) in [5.74, 6) is 0.916. The van der Waals surface area contributed by atoms with E-state index in [0.717, 1.165) is 18.5 Å². The Bertz CT molecular complexity index is 348. The lowest BCUT2D eigenvalue weighted by Gasteiger charge is -2.31. The SMILES string of the molecule is CCNC(CCc1ccc(C)cc1)C1CCCCC1. The fourth-order valence-corrected chi connectivity index (χ4v) is 3.38. The van der Waals surface area contributed by atoms with E-state index in [1.54, 1.807) is 0 Å². The van der Waals surface area contributed by atoms with E-state index in [1.807, 2.05) is 0 Å². The van der Waals surface area contributed by atoms with Crippen molar-refractivity contribution >= 4 is 0 Å². The van der Waals surface area contributed by atoms with Crippen molar-refractivity contribution in [3.63, 3.8) is 0 Å². The molecule has 0 heterocycles. The second kappa shape index (κ2) is 7.69. The number of hydrogen-bond acceptors (Lipinski definition) is 1. The molecule has 19 heavy (non-hydrogen) atoms. The Morgan fingerprint density at radius 2 is 1.79 bits per heavy atom. The molecule has 1 saturated carbocycles. The molecule has 0 spiro atoms. The number of rotatable bonds is 6. The largest absolute Gasteiger partial charge is 0.314 e. The van der Waals surface area contributed by atoms with Crippen LogP contribution in [-0.4, -0.2) is 12.6 Å². The van der Waals surface area contributed by atoms with Crippen molar-refractivity contribution in [2.45, 2.75) is 64.8 Å². The Labute approximate surface area is 118 Å². The minimum absolute atomic E-state index is 0.728. The highest BCUT2D eigenvalue weighted by Crippen LogP contribution is 2.28. The molecule has 1 aliphatic rings. The Morgan fingerprint density at radius 1 is 1.11 bits per heavy atom. The Morgan fingerprint density at radius 3 is 2.42 bits per heavy atom. The fourth-order valence-electron chi connectivity index (χ4n) is 3.38. The van der Waals surface area contributed by atoms with Crippen molar-refractivity contribution in [2.75, 3.05) is 6.54 Å². The summed E-state index contributed by atoms with van der Waals surface area (Å²) in [5, 5.41) is 3.73. The van der Waals surface area contributed by atoms with Crippen LogP contribution in [0.5, 0.6) is 0 Å². The van der Waals surface area contributed by atoms with E-state index in [2.05, 4.69) is 43.4 Å². The predicted molar refractivity (Wildman–Crippen MR) is 83.5 cm³/mol. The lowest BCUT2D eigenvalue weighted by atomic mass is 9.81. The minimum atomic E-state index is 0.728. The second-order valence-corrected chi connectivity index (χ2v) is 6.09. The van der Waals surface area contributed by atoms with Crippen LogP contribution in [0.3, 0.4) is 0 Å². The smallest absolute Gasteiger partial charge is 0.00983 e. The van der Waals surface area contributed by atoms with Gasteiger partial charge in [-0.1, -0.05) is 56.0 Å². The van der Waals surface area contributed by atoms with Crippen LogP contribution in [0.1, 0.15) is 56.6 Å². The van der Waals surface area contributed by atoms with Gasteiger partial charge in [0, 0.05) is 6.04 Å². The quantitative estimate of drug-likeness (QED) is 0.794. The molecule has 2 rings (SSSR count). The molecular formula is C18H29N. The first-order valence-electron chi connectivity index (χ1n) is 8.08. The lowest BCUT2D eigenvalue weighted by molar-refractivity contribution is 0.261. The van der Waals surface area contributed by atoms with Gasteiger partial charge in [-0.15, -0.1) is 0 Å². The zero-order chi connectivity index (χ0) is 13.5. The van der Waals surface area contributed by atoms with Crippen molar-refractivity contribution in [1.82, 2.24) is 5.32 Å². The van der Waals surface area contributed by atoms with Gasteiger partial charge in [-0.25, -0.2) is 0 Å². The first-order chi connectivity index (χ1) is 9.29. The Hall–Kier alpha value is -0.820. The van der Waals surface area contributed by atoms with Crippen molar-refractivity contribution in [1.29, 1.82) is 0 Å². The maximum atomic E-state index is 3.73. The normalized spacial score (nSPS) is 18.4. The highest BCUT2D eigenvalue weighted by molar-refractivity contribution is 5.21. The molecule has 1 atom stereocenters. The predicted octanol–water partition coefficient (Wildman–Crippen LogP) is 4.49. The van der Waals surface area contributed by atoms with Gasteiger partial charge in [0.25, 0.3) is 0 Å².